The van der Waals surface area contributed by atoms with Crippen molar-refractivity contribution in [1.82, 2.24) is 0 Å². The van der Waals surface area contributed by atoms with Crippen molar-refractivity contribution in [3.63, 3.8) is 0 Å². The van der Waals surface area contributed by atoms with Gasteiger partial charge in [-0.25, -0.2) is 0 Å². The van der Waals surface area contributed by atoms with Gasteiger partial charge >= 0.3 is 0 Å². The summed E-state index contributed by atoms with van der Waals surface area (Å²) < 4.78 is 0. The first-order valence-corrected chi connectivity index (χ1v) is 7.40. The van der Waals surface area contributed by atoms with Crippen LogP contribution in [0.3, 0.4) is 0 Å². The van der Waals surface area contributed by atoms with E-state index >= 15 is 0 Å². The van der Waals surface area contributed by atoms with Gasteiger partial charge in [-0.3, -0.25) is 9.59 Å². The molecule has 5 heteroatoms. The van der Waals surface area contributed by atoms with Crippen molar-refractivity contribution >= 4 is 34.8 Å². The van der Waals surface area contributed by atoms with Gasteiger partial charge in [0.05, 0.1) is 0 Å². The summed E-state index contributed by atoms with van der Waals surface area (Å²) in [6, 6.07) is 12.4. The van der Waals surface area contributed by atoms with Crippen LogP contribution in [0, 0.1) is 0 Å². The number of amides is 2. The van der Waals surface area contributed by atoms with E-state index in [0.29, 0.717) is 22.8 Å². The molecule has 1 heterocycles. The minimum atomic E-state index is -0.227. The maximum absolute atomic E-state index is 12.2. The summed E-state index contributed by atoms with van der Waals surface area (Å²) in [6.45, 7) is 2.24. The normalized spacial score (nSPS) is 12.9. The van der Waals surface area contributed by atoms with Crippen molar-refractivity contribution < 1.29 is 9.59 Å². The van der Waals surface area contributed by atoms with E-state index in [1.54, 1.807) is 36.1 Å². The summed E-state index contributed by atoms with van der Waals surface area (Å²) in [7, 11) is 0. The zero-order valence-electron chi connectivity index (χ0n) is 12.1. The highest BCUT2D eigenvalue weighted by molar-refractivity contribution is 6.31. The summed E-state index contributed by atoms with van der Waals surface area (Å²) in [4.78, 5) is 25.6. The number of carbonyl (C=O) groups is 2. The fourth-order valence-electron chi connectivity index (χ4n) is 2.62. The Morgan fingerprint density at radius 3 is 2.73 bits per heavy atom. The number of carbonyl (C=O) groups excluding carboxylic acids is 2. The molecule has 0 unspecified atom stereocenters. The molecule has 0 aromatic heterocycles. The molecule has 0 saturated heterocycles. The van der Waals surface area contributed by atoms with E-state index in [2.05, 4.69) is 5.32 Å². The average Bonchev–Trinajstić information content (AvgIpc) is 2.90. The molecule has 3 rings (SSSR count). The second-order valence-corrected chi connectivity index (χ2v) is 5.67. The fraction of sp³-hybridized carbons (Fsp3) is 0.176. The highest BCUT2D eigenvalue weighted by Crippen LogP contribution is 2.31. The molecular weight excluding hydrogens is 300 g/mol. The van der Waals surface area contributed by atoms with E-state index in [4.69, 9.17) is 11.6 Å². The van der Waals surface area contributed by atoms with Gasteiger partial charge in [0.2, 0.25) is 5.91 Å². The molecule has 22 heavy (non-hydrogen) atoms. The van der Waals surface area contributed by atoms with Crippen LogP contribution in [0.4, 0.5) is 11.4 Å². The van der Waals surface area contributed by atoms with E-state index in [0.717, 1.165) is 17.7 Å². The van der Waals surface area contributed by atoms with Crippen LogP contribution in [0.15, 0.2) is 42.5 Å². The van der Waals surface area contributed by atoms with Crippen LogP contribution in [-0.2, 0) is 11.2 Å². The summed E-state index contributed by atoms with van der Waals surface area (Å²) in [5, 5.41) is 3.36. The van der Waals surface area contributed by atoms with Gasteiger partial charge in [-0.2, -0.15) is 0 Å². The fourth-order valence-corrected chi connectivity index (χ4v) is 2.81. The lowest BCUT2D eigenvalue weighted by molar-refractivity contribution is -0.116. The Labute approximate surface area is 133 Å². The Balaban J connectivity index is 1.83. The molecule has 1 aliphatic rings. The number of hydrogen-bond donors (Lipinski definition) is 1. The number of fused-ring (bicyclic) bond motifs is 1. The lowest BCUT2D eigenvalue weighted by Gasteiger charge is -2.16. The number of rotatable bonds is 2. The molecule has 1 aliphatic heterocycles. The van der Waals surface area contributed by atoms with Crippen LogP contribution < -0.4 is 10.2 Å². The SMILES string of the molecule is CC(=O)N1CCc2ccc(NC(=O)c3cccc(Cl)c3)cc21. The van der Waals surface area contributed by atoms with Crippen LogP contribution in [0.25, 0.3) is 0 Å². The molecule has 2 amide bonds. The standard InChI is InChI=1S/C17H15ClN2O2/c1-11(21)20-8-7-12-5-6-15(10-16(12)20)19-17(22)13-3-2-4-14(18)9-13/h2-6,9-10H,7-8H2,1H3,(H,19,22). The predicted octanol–water partition coefficient (Wildman–Crippen LogP) is 3.50. The highest BCUT2D eigenvalue weighted by atomic mass is 35.5. The zero-order chi connectivity index (χ0) is 15.7. The number of hydrogen-bond acceptors (Lipinski definition) is 2. The second kappa shape index (κ2) is 5.81. The van der Waals surface area contributed by atoms with Crippen LogP contribution >= 0.6 is 11.6 Å². The molecule has 2 aromatic rings. The lowest BCUT2D eigenvalue weighted by atomic mass is 10.1. The van der Waals surface area contributed by atoms with Gasteiger partial charge < -0.3 is 10.2 Å². The molecule has 2 aromatic carbocycles. The number of anilines is 2. The van der Waals surface area contributed by atoms with Crippen LogP contribution in [-0.4, -0.2) is 18.4 Å². The molecule has 0 saturated carbocycles. The molecule has 0 spiro atoms. The molecule has 0 bridgehead atoms. The number of halogens is 1. The van der Waals surface area contributed by atoms with E-state index in [1.165, 1.54) is 0 Å². The van der Waals surface area contributed by atoms with Crippen molar-refractivity contribution in [3.8, 4) is 0 Å². The Hall–Kier alpha value is -2.33. The van der Waals surface area contributed by atoms with Crippen molar-refractivity contribution in [2.24, 2.45) is 0 Å². The van der Waals surface area contributed by atoms with Crippen molar-refractivity contribution in [2.45, 2.75) is 13.3 Å². The topological polar surface area (TPSA) is 49.4 Å². The van der Waals surface area contributed by atoms with Gasteiger partial charge in [-0.15, -0.1) is 0 Å². The van der Waals surface area contributed by atoms with Crippen LogP contribution in [0.2, 0.25) is 5.02 Å². The molecule has 1 N–H and O–H groups in total. The Morgan fingerprint density at radius 1 is 1.18 bits per heavy atom. The average molecular weight is 315 g/mol. The molecule has 0 atom stereocenters. The smallest absolute Gasteiger partial charge is 0.255 e. The number of benzene rings is 2. The maximum atomic E-state index is 12.2. The minimum Gasteiger partial charge on any atom is -0.322 e. The first-order valence-electron chi connectivity index (χ1n) is 7.02. The van der Waals surface area contributed by atoms with Crippen LogP contribution in [0.5, 0.6) is 0 Å². The summed E-state index contributed by atoms with van der Waals surface area (Å²) >= 11 is 5.90. The first-order chi connectivity index (χ1) is 10.5. The summed E-state index contributed by atoms with van der Waals surface area (Å²) in [5.74, 6) is -0.216. The molecular formula is C17H15ClN2O2. The predicted molar refractivity (Wildman–Crippen MR) is 87.6 cm³/mol. The van der Waals surface area contributed by atoms with Crippen LogP contribution in [0.1, 0.15) is 22.8 Å². The van der Waals surface area contributed by atoms with Crippen molar-refractivity contribution in [2.75, 3.05) is 16.8 Å². The number of nitrogens with one attached hydrogen (secondary N) is 1. The molecule has 0 radical (unpaired) electrons. The quantitative estimate of drug-likeness (QED) is 0.922. The highest BCUT2D eigenvalue weighted by Gasteiger charge is 2.22. The molecule has 112 valence electrons. The van der Waals surface area contributed by atoms with Gasteiger partial charge in [-0.1, -0.05) is 23.7 Å². The third-order valence-corrected chi connectivity index (χ3v) is 3.94. The third kappa shape index (κ3) is 2.83. The van der Waals surface area contributed by atoms with E-state index in [9.17, 15) is 9.59 Å². The summed E-state index contributed by atoms with van der Waals surface area (Å²) in [6.07, 6.45) is 0.845. The van der Waals surface area contributed by atoms with Crippen molar-refractivity contribution in [3.05, 3.63) is 58.6 Å². The third-order valence-electron chi connectivity index (χ3n) is 3.71. The molecule has 0 aliphatic carbocycles. The molecule has 0 fully saturated rings. The number of nitrogens with zero attached hydrogens (tertiary/aromatic N) is 1. The minimum absolute atomic E-state index is 0.0112. The Bertz CT molecular complexity index is 758. The van der Waals surface area contributed by atoms with E-state index in [-0.39, 0.29) is 11.8 Å². The van der Waals surface area contributed by atoms with E-state index in [1.807, 2.05) is 18.2 Å². The van der Waals surface area contributed by atoms with Gasteiger partial charge in [0.15, 0.2) is 0 Å². The Kier molecular flexibility index (Phi) is 3.86. The van der Waals surface area contributed by atoms with Gasteiger partial charge in [-0.05, 0) is 42.3 Å². The first kappa shape index (κ1) is 14.6. The monoisotopic (exact) mass is 314 g/mol. The van der Waals surface area contributed by atoms with Crippen molar-refractivity contribution in [1.29, 1.82) is 0 Å². The summed E-state index contributed by atoms with van der Waals surface area (Å²) in [5.41, 5.74) is 3.15. The van der Waals surface area contributed by atoms with E-state index < -0.39 is 0 Å². The largest absolute Gasteiger partial charge is 0.322 e. The van der Waals surface area contributed by atoms with Gasteiger partial charge in [0, 0.05) is 35.4 Å². The molecule has 4 nitrogen and oxygen atoms in total. The lowest BCUT2D eigenvalue weighted by Crippen LogP contribution is -2.25. The van der Waals surface area contributed by atoms with Gasteiger partial charge in [0.25, 0.3) is 5.91 Å². The van der Waals surface area contributed by atoms with Gasteiger partial charge in [0.1, 0.15) is 0 Å². The second-order valence-electron chi connectivity index (χ2n) is 5.23. The Morgan fingerprint density at radius 2 is 2.00 bits per heavy atom. The maximum Gasteiger partial charge on any atom is 0.255 e. The zero-order valence-corrected chi connectivity index (χ0v) is 12.9.